The van der Waals surface area contributed by atoms with Crippen LogP contribution >= 0.6 is 11.8 Å². The highest BCUT2D eigenvalue weighted by Crippen LogP contribution is 2.28. The van der Waals surface area contributed by atoms with Crippen LogP contribution in [0.2, 0.25) is 0 Å². The number of carboxylic acids is 1. The molecule has 0 spiro atoms. The van der Waals surface area contributed by atoms with Crippen LogP contribution in [0.1, 0.15) is 26.7 Å². The fraction of sp³-hybridized carbons (Fsp3) is 0.800. The van der Waals surface area contributed by atoms with Gasteiger partial charge in [0.05, 0.1) is 0 Å². The number of aliphatic carboxylic acids is 1. The maximum atomic E-state index is 11.5. The first kappa shape index (κ1) is 12.4. The Morgan fingerprint density at radius 1 is 1.53 bits per heavy atom. The van der Waals surface area contributed by atoms with Crippen LogP contribution in [0.25, 0.3) is 0 Å². The molecule has 0 aliphatic carbocycles. The molecule has 2 N–H and O–H groups in total. The molecule has 1 saturated heterocycles. The van der Waals surface area contributed by atoms with E-state index in [9.17, 15) is 9.59 Å². The smallest absolute Gasteiger partial charge is 0.330 e. The van der Waals surface area contributed by atoms with Crippen LogP contribution in [-0.4, -0.2) is 34.0 Å². The molecule has 0 aromatic rings. The van der Waals surface area contributed by atoms with Crippen LogP contribution in [-0.2, 0) is 9.59 Å². The van der Waals surface area contributed by atoms with Gasteiger partial charge in [-0.2, -0.15) is 11.8 Å². The Morgan fingerprint density at radius 2 is 2.20 bits per heavy atom. The predicted octanol–water partition coefficient (Wildman–Crippen LogP) is 1.11. The van der Waals surface area contributed by atoms with Gasteiger partial charge in [-0.05, 0) is 18.1 Å². The van der Waals surface area contributed by atoms with E-state index in [1.807, 2.05) is 13.8 Å². The van der Waals surface area contributed by atoms with Crippen molar-refractivity contribution in [1.29, 1.82) is 0 Å². The van der Waals surface area contributed by atoms with E-state index in [1.54, 1.807) is 11.8 Å². The molecule has 4 nitrogen and oxygen atoms in total. The Bertz CT molecular complexity index is 259. The first-order chi connectivity index (χ1) is 6.96. The van der Waals surface area contributed by atoms with E-state index in [4.69, 9.17) is 5.11 Å². The molecule has 0 aromatic heterocycles. The van der Waals surface area contributed by atoms with E-state index >= 15 is 0 Å². The topological polar surface area (TPSA) is 66.4 Å². The zero-order chi connectivity index (χ0) is 11.5. The molecule has 1 heterocycles. The van der Waals surface area contributed by atoms with Crippen LogP contribution in [0.3, 0.4) is 0 Å². The van der Waals surface area contributed by atoms with E-state index < -0.39 is 11.5 Å². The maximum absolute atomic E-state index is 11.5. The average Bonchev–Trinajstić information content (AvgIpc) is 2.52. The lowest BCUT2D eigenvalue weighted by atomic mass is 9.98. The van der Waals surface area contributed by atoms with Gasteiger partial charge < -0.3 is 10.4 Å². The van der Waals surface area contributed by atoms with Crippen LogP contribution in [0.5, 0.6) is 0 Å². The van der Waals surface area contributed by atoms with Gasteiger partial charge in [0.2, 0.25) is 5.91 Å². The Kier molecular flexibility index (Phi) is 4.02. The van der Waals surface area contributed by atoms with Gasteiger partial charge >= 0.3 is 5.97 Å². The van der Waals surface area contributed by atoms with Crippen LogP contribution in [0.4, 0.5) is 0 Å². The number of thioether (sulfide) groups is 1. The summed E-state index contributed by atoms with van der Waals surface area (Å²) >= 11 is 1.57. The Labute approximate surface area is 93.8 Å². The van der Waals surface area contributed by atoms with Crippen molar-refractivity contribution in [2.45, 2.75) is 32.2 Å². The number of amides is 1. The van der Waals surface area contributed by atoms with Gasteiger partial charge in [0.15, 0.2) is 0 Å². The molecule has 5 heteroatoms. The van der Waals surface area contributed by atoms with E-state index in [0.717, 1.165) is 5.75 Å². The summed E-state index contributed by atoms with van der Waals surface area (Å²) in [7, 11) is 0. The number of carbonyl (C=O) groups excluding carboxylic acids is 1. The van der Waals surface area contributed by atoms with E-state index in [0.29, 0.717) is 18.6 Å². The van der Waals surface area contributed by atoms with E-state index in [-0.39, 0.29) is 11.8 Å². The molecule has 1 unspecified atom stereocenters. The fourth-order valence-electron chi connectivity index (χ4n) is 1.57. The first-order valence-electron chi connectivity index (χ1n) is 5.08. The van der Waals surface area contributed by atoms with E-state index in [2.05, 4.69) is 5.32 Å². The van der Waals surface area contributed by atoms with Crippen molar-refractivity contribution < 1.29 is 14.7 Å². The summed E-state index contributed by atoms with van der Waals surface area (Å²) in [5.41, 5.74) is -1.02. The van der Waals surface area contributed by atoms with Gasteiger partial charge in [0, 0.05) is 12.2 Å². The summed E-state index contributed by atoms with van der Waals surface area (Å²) in [6.45, 7) is 3.88. The normalized spacial score (nSPS) is 25.5. The lowest BCUT2D eigenvalue weighted by molar-refractivity contribution is -0.146. The highest BCUT2D eigenvalue weighted by molar-refractivity contribution is 7.99. The van der Waals surface area contributed by atoms with Crippen LogP contribution < -0.4 is 5.32 Å². The van der Waals surface area contributed by atoms with Crippen molar-refractivity contribution in [3.8, 4) is 0 Å². The number of rotatable bonds is 4. The fourth-order valence-corrected chi connectivity index (χ4v) is 2.90. The summed E-state index contributed by atoms with van der Waals surface area (Å²) in [6.07, 6.45) is 0.913. The third kappa shape index (κ3) is 3.12. The van der Waals surface area contributed by atoms with Crippen molar-refractivity contribution >= 4 is 23.6 Å². The Hall–Kier alpha value is -0.710. The summed E-state index contributed by atoms with van der Waals surface area (Å²) in [5, 5.41) is 11.8. The number of nitrogens with one attached hydrogen (secondary N) is 1. The SMILES string of the molecule is CC(C)CC(=O)NC1(C(=O)O)CCSC1. The molecule has 1 fully saturated rings. The quantitative estimate of drug-likeness (QED) is 0.760. The minimum atomic E-state index is -1.02. The molecule has 86 valence electrons. The minimum absolute atomic E-state index is 0.157. The summed E-state index contributed by atoms with van der Waals surface area (Å²) in [4.78, 5) is 22.7. The highest BCUT2D eigenvalue weighted by Gasteiger charge is 2.43. The van der Waals surface area contributed by atoms with Gasteiger partial charge in [-0.1, -0.05) is 13.8 Å². The predicted molar refractivity (Wildman–Crippen MR) is 59.9 cm³/mol. The van der Waals surface area contributed by atoms with Crippen LogP contribution in [0.15, 0.2) is 0 Å². The highest BCUT2D eigenvalue weighted by atomic mass is 32.2. The lowest BCUT2D eigenvalue weighted by Gasteiger charge is -2.24. The molecule has 0 radical (unpaired) electrons. The average molecular weight is 231 g/mol. The number of hydrogen-bond donors (Lipinski definition) is 2. The third-order valence-corrected chi connectivity index (χ3v) is 3.59. The standard InChI is InChI=1S/C10H17NO3S/c1-7(2)5-8(12)11-10(9(13)14)3-4-15-6-10/h7H,3-6H2,1-2H3,(H,11,12)(H,13,14). The number of carbonyl (C=O) groups is 2. The molecule has 0 aromatic carbocycles. The monoisotopic (exact) mass is 231 g/mol. The van der Waals surface area contributed by atoms with Gasteiger partial charge in [-0.15, -0.1) is 0 Å². The van der Waals surface area contributed by atoms with Crippen molar-refractivity contribution in [3.63, 3.8) is 0 Å². The second-order valence-corrected chi connectivity index (χ2v) is 5.44. The Morgan fingerprint density at radius 3 is 2.60 bits per heavy atom. The summed E-state index contributed by atoms with van der Waals surface area (Å²) in [6, 6.07) is 0. The van der Waals surface area contributed by atoms with Crippen molar-refractivity contribution in [1.82, 2.24) is 5.32 Å². The molecule has 0 bridgehead atoms. The largest absolute Gasteiger partial charge is 0.479 e. The van der Waals surface area contributed by atoms with Crippen LogP contribution in [0, 0.1) is 5.92 Å². The number of hydrogen-bond acceptors (Lipinski definition) is 3. The molecule has 1 aliphatic heterocycles. The van der Waals surface area contributed by atoms with Gasteiger partial charge in [-0.3, -0.25) is 4.79 Å². The zero-order valence-electron chi connectivity index (χ0n) is 9.08. The molecule has 1 rings (SSSR count). The van der Waals surface area contributed by atoms with Crippen molar-refractivity contribution in [2.75, 3.05) is 11.5 Å². The summed E-state index contributed by atoms with van der Waals surface area (Å²) < 4.78 is 0. The second kappa shape index (κ2) is 4.88. The minimum Gasteiger partial charge on any atom is -0.479 e. The molecular formula is C10H17NO3S. The third-order valence-electron chi connectivity index (χ3n) is 2.40. The molecule has 0 saturated carbocycles. The van der Waals surface area contributed by atoms with Gasteiger partial charge in [0.25, 0.3) is 0 Å². The molecule has 1 amide bonds. The summed E-state index contributed by atoms with van der Waals surface area (Å²) in [5.74, 6) is 0.463. The van der Waals surface area contributed by atoms with E-state index in [1.165, 1.54) is 0 Å². The first-order valence-corrected chi connectivity index (χ1v) is 6.24. The molecule has 1 aliphatic rings. The molecule has 15 heavy (non-hydrogen) atoms. The maximum Gasteiger partial charge on any atom is 0.330 e. The molecule has 1 atom stereocenters. The number of carboxylic acid groups (broad SMARTS) is 1. The lowest BCUT2D eigenvalue weighted by Crippen LogP contribution is -2.54. The van der Waals surface area contributed by atoms with Crippen molar-refractivity contribution in [3.05, 3.63) is 0 Å². The van der Waals surface area contributed by atoms with Gasteiger partial charge in [0.1, 0.15) is 5.54 Å². The molecular weight excluding hydrogens is 214 g/mol. The van der Waals surface area contributed by atoms with Gasteiger partial charge in [-0.25, -0.2) is 4.79 Å². The zero-order valence-corrected chi connectivity index (χ0v) is 9.89. The second-order valence-electron chi connectivity index (χ2n) is 4.34. The van der Waals surface area contributed by atoms with Crippen molar-refractivity contribution in [2.24, 2.45) is 5.92 Å². The Balaban J connectivity index is 2.59.